The van der Waals surface area contributed by atoms with Crippen LogP contribution < -0.4 is 4.74 Å². The maximum atomic E-state index is 10.6. The van der Waals surface area contributed by atoms with Crippen LogP contribution in [0, 0.1) is 0 Å². The predicted octanol–water partition coefficient (Wildman–Crippen LogP) is -2.04. The van der Waals surface area contributed by atoms with Crippen molar-refractivity contribution < 1.29 is 35.1 Å². The van der Waals surface area contributed by atoms with Crippen LogP contribution in [-0.2, 0) is 0 Å². The van der Waals surface area contributed by atoms with Crippen molar-refractivity contribution in [3.63, 3.8) is 0 Å². The maximum absolute atomic E-state index is 10.6. The first-order valence-electron chi connectivity index (χ1n) is 7.26. The number of likely N-dealkylation sites (tertiary alicyclic amines) is 1. The van der Waals surface area contributed by atoms with Gasteiger partial charge >= 0.3 is 0 Å². The average molecular weight is 327 g/mol. The topological polar surface area (TPSA) is 131 Å². The van der Waals surface area contributed by atoms with E-state index in [1.165, 1.54) is 4.90 Å². The summed E-state index contributed by atoms with van der Waals surface area (Å²) >= 11 is 0. The fourth-order valence-electron chi connectivity index (χ4n) is 2.62. The van der Waals surface area contributed by atoms with Crippen molar-refractivity contribution in [2.45, 2.75) is 30.6 Å². The molecule has 1 fully saturated rings. The number of hydrogen-bond acceptors (Lipinski definition) is 8. The average Bonchev–Trinajstić information content (AvgIpc) is 2.58. The molecule has 1 heterocycles. The summed E-state index contributed by atoms with van der Waals surface area (Å²) in [7, 11) is 0. The van der Waals surface area contributed by atoms with Crippen LogP contribution in [-0.4, -0.2) is 87.1 Å². The van der Waals surface area contributed by atoms with E-state index < -0.39 is 37.2 Å². The standard InChI is InChI=1S/C15H21NO7/c17-7-9-1-3-10(4-2-9)23-6-5-16-11(8-18)12(19)13(20)14(21)15(16)22/h1-4,7,11-15,18-22H,5-6,8H2/t11-,12-,13+,14-,15?/m1/s1. The fraction of sp³-hybridized carbons (Fsp3) is 0.533. The van der Waals surface area contributed by atoms with Gasteiger partial charge in [0.25, 0.3) is 0 Å². The lowest BCUT2D eigenvalue weighted by Gasteiger charge is -2.46. The van der Waals surface area contributed by atoms with Gasteiger partial charge in [-0.1, -0.05) is 0 Å². The zero-order chi connectivity index (χ0) is 17.0. The summed E-state index contributed by atoms with van der Waals surface area (Å²) in [4.78, 5) is 11.8. The quantitative estimate of drug-likeness (QED) is 0.378. The van der Waals surface area contributed by atoms with E-state index in [4.69, 9.17) is 4.74 Å². The first-order valence-corrected chi connectivity index (χ1v) is 7.26. The second-order valence-corrected chi connectivity index (χ2v) is 5.41. The molecule has 8 heteroatoms. The van der Waals surface area contributed by atoms with Crippen LogP contribution in [0.2, 0.25) is 0 Å². The molecule has 0 saturated carbocycles. The molecule has 5 N–H and O–H groups in total. The van der Waals surface area contributed by atoms with Crippen LogP contribution >= 0.6 is 0 Å². The molecule has 0 aliphatic carbocycles. The molecule has 0 radical (unpaired) electrons. The third-order valence-electron chi connectivity index (χ3n) is 3.99. The molecule has 1 aliphatic rings. The van der Waals surface area contributed by atoms with Crippen LogP contribution in [0.5, 0.6) is 5.75 Å². The number of benzene rings is 1. The summed E-state index contributed by atoms with van der Waals surface area (Å²) in [5.74, 6) is 0.517. The van der Waals surface area contributed by atoms with E-state index in [9.17, 15) is 30.3 Å². The monoisotopic (exact) mass is 327 g/mol. The highest BCUT2D eigenvalue weighted by molar-refractivity contribution is 5.74. The van der Waals surface area contributed by atoms with E-state index in [1.807, 2.05) is 0 Å². The van der Waals surface area contributed by atoms with E-state index in [2.05, 4.69) is 0 Å². The Kier molecular flexibility index (Phi) is 6.05. The molecule has 0 amide bonds. The van der Waals surface area contributed by atoms with Crippen LogP contribution in [0.4, 0.5) is 0 Å². The van der Waals surface area contributed by atoms with Crippen molar-refractivity contribution in [2.24, 2.45) is 0 Å². The molecule has 1 aromatic carbocycles. The summed E-state index contributed by atoms with van der Waals surface area (Å²) in [6.45, 7) is -0.262. The molecule has 1 aromatic rings. The Morgan fingerprint density at radius 2 is 1.70 bits per heavy atom. The highest BCUT2D eigenvalue weighted by Gasteiger charge is 2.46. The predicted molar refractivity (Wildman–Crippen MR) is 78.9 cm³/mol. The molecule has 1 saturated heterocycles. The summed E-state index contributed by atoms with van der Waals surface area (Å²) in [6.07, 6.45) is -5.17. The lowest BCUT2D eigenvalue weighted by Crippen LogP contribution is -2.67. The number of rotatable bonds is 6. The molecule has 0 aromatic heterocycles. The van der Waals surface area contributed by atoms with E-state index >= 15 is 0 Å². The van der Waals surface area contributed by atoms with Crippen LogP contribution in [0.3, 0.4) is 0 Å². The van der Waals surface area contributed by atoms with Crippen molar-refractivity contribution in [3.05, 3.63) is 29.8 Å². The maximum Gasteiger partial charge on any atom is 0.150 e. The third-order valence-corrected chi connectivity index (χ3v) is 3.99. The number of ether oxygens (including phenoxy) is 1. The van der Waals surface area contributed by atoms with Crippen molar-refractivity contribution in [1.29, 1.82) is 0 Å². The molecule has 1 unspecified atom stereocenters. The first kappa shape index (κ1) is 17.8. The van der Waals surface area contributed by atoms with Crippen molar-refractivity contribution in [3.8, 4) is 5.75 Å². The zero-order valence-corrected chi connectivity index (χ0v) is 12.4. The lowest BCUT2D eigenvalue weighted by molar-refractivity contribution is -0.223. The summed E-state index contributed by atoms with van der Waals surface area (Å²) in [6, 6.07) is 5.52. The van der Waals surface area contributed by atoms with Gasteiger partial charge in [-0.05, 0) is 24.3 Å². The van der Waals surface area contributed by atoms with Crippen LogP contribution in [0.1, 0.15) is 10.4 Å². The molecular weight excluding hydrogens is 306 g/mol. The van der Waals surface area contributed by atoms with Gasteiger partial charge in [-0.25, -0.2) is 0 Å². The first-order chi connectivity index (χ1) is 11.0. The molecule has 2 rings (SSSR count). The minimum atomic E-state index is -1.54. The van der Waals surface area contributed by atoms with Crippen molar-refractivity contribution in [1.82, 2.24) is 4.90 Å². The van der Waals surface area contributed by atoms with Crippen LogP contribution in [0.25, 0.3) is 0 Å². The molecule has 0 bridgehead atoms. The Morgan fingerprint density at radius 1 is 1.04 bits per heavy atom. The van der Waals surface area contributed by atoms with Gasteiger partial charge in [-0.2, -0.15) is 0 Å². The van der Waals surface area contributed by atoms with Gasteiger partial charge < -0.3 is 30.3 Å². The molecular formula is C15H21NO7. The van der Waals surface area contributed by atoms with Crippen LogP contribution in [0.15, 0.2) is 24.3 Å². The van der Waals surface area contributed by atoms with Gasteiger partial charge in [-0.3, -0.25) is 9.69 Å². The Balaban J connectivity index is 1.95. The van der Waals surface area contributed by atoms with Gasteiger partial charge in [0.05, 0.1) is 12.6 Å². The van der Waals surface area contributed by atoms with Gasteiger partial charge in [0.15, 0.2) is 0 Å². The highest BCUT2D eigenvalue weighted by Crippen LogP contribution is 2.23. The molecule has 23 heavy (non-hydrogen) atoms. The SMILES string of the molecule is O=Cc1ccc(OCCN2C(O)[C@H](O)[C@@H](O)[C@H](O)[C@H]2CO)cc1. The molecule has 128 valence electrons. The van der Waals surface area contributed by atoms with Crippen molar-refractivity contribution in [2.75, 3.05) is 19.8 Å². The zero-order valence-electron chi connectivity index (χ0n) is 12.4. The number of nitrogens with zero attached hydrogens (tertiary/aromatic N) is 1. The summed E-state index contributed by atoms with van der Waals surface area (Å²) in [5, 5.41) is 48.6. The fourth-order valence-corrected chi connectivity index (χ4v) is 2.62. The molecule has 5 atom stereocenters. The van der Waals surface area contributed by atoms with E-state index in [0.29, 0.717) is 17.6 Å². The minimum absolute atomic E-state index is 0.114. The smallest absolute Gasteiger partial charge is 0.150 e. The Labute approximate surface area is 133 Å². The normalized spacial score (nSPS) is 31.8. The number of carbonyl (C=O) groups excluding carboxylic acids is 1. The second kappa shape index (κ2) is 7.82. The van der Waals surface area contributed by atoms with Gasteiger partial charge in [0.1, 0.15) is 43.2 Å². The number of aliphatic hydroxyl groups is 5. The Hall–Kier alpha value is -1.55. The third kappa shape index (κ3) is 3.86. The number of piperidine rings is 1. The van der Waals surface area contributed by atoms with Crippen molar-refractivity contribution >= 4 is 6.29 Å². The number of hydrogen-bond donors (Lipinski definition) is 5. The Morgan fingerprint density at radius 3 is 2.26 bits per heavy atom. The van der Waals surface area contributed by atoms with E-state index in [1.54, 1.807) is 24.3 Å². The number of aliphatic hydroxyl groups excluding tert-OH is 5. The summed E-state index contributed by atoms with van der Waals surface area (Å²) in [5.41, 5.74) is 0.518. The second-order valence-electron chi connectivity index (χ2n) is 5.41. The molecule has 1 aliphatic heterocycles. The molecule has 0 spiro atoms. The lowest BCUT2D eigenvalue weighted by atomic mass is 9.93. The molecule has 8 nitrogen and oxygen atoms in total. The van der Waals surface area contributed by atoms with E-state index in [0.717, 1.165) is 0 Å². The number of carbonyl (C=O) groups is 1. The van der Waals surface area contributed by atoms with Gasteiger partial charge in [0.2, 0.25) is 0 Å². The minimum Gasteiger partial charge on any atom is -0.492 e. The van der Waals surface area contributed by atoms with Gasteiger partial charge in [0, 0.05) is 12.1 Å². The largest absolute Gasteiger partial charge is 0.492 e. The van der Waals surface area contributed by atoms with Gasteiger partial charge in [-0.15, -0.1) is 0 Å². The number of aldehydes is 1. The Bertz CT molecular complexity index is 509. The highest BCUT2D eigenvalue weighted by atomic mass is 16.5. The summed E-state index contributed by atoms with van der Waals surface area (Å²) < 4.78 is 5.47. The van der Waals surface area contributed by atoms with E-state index in [-0.39, 0.29) is 13.2 Å².